The van der Waals surface area contributed by atoms with Gasteiger partial charge in [-0.25, -0.2) is 4.68 Å². The van der Waals surface area contributed by atoms with E-state index in [0.29, 0.717) is 43.9 Å². The van der Waals surface area contributed by atoms with E-state index in [0.717, 1.165) is 35.8 Å². The first-order valence-corrected chi connectivity index (χ1v) is 11.2. The van der Waals surface area contributed by atoms with Gasteiger partial charge in [-0.3, -0.25) is 4.68 Å². The molecule has 0 saturated carbocycles. The van der Waals surface area contributed by atoms with Crippen LogP contribution in [0.3, 0.4) is 0 Å². The van der Waals surface area contributed by atoms with Crippen molar-refractivity contribution in [2.45, 2.75) is 13.3 Å². The molecule has 4 heterocycles. The molecule has 0 radical (unpaired) electrons. The maximum absolute atomic E-state index is 5.94. The SMILES string of the molecule is Cc1cccc(Oc2ccn(-c3cc(N4CCOCC4)nc(OCCc4cnn(C)c4)n3)n2)c1. The average molecular weight is 462 g/mol. The number of hydrogen-bond acceptors (Lipinski definition) is 8. The van der Waals surface area contributed by atoms with E-state index in [9.17, 15) is 0 Å². The Kier molecular flexibility index (Phi) is 6.39. The second kappa shape index (κ2) is 9.92. The molecule has 0 bridgehead atoms. The molecular weight excluding hydrogens is 434 g/mol. The van der Waals surface area contributed by atoms with E-state index in [1.54, 1.807) is 9.36 Å². The number of rotatable bonds is 8. The van der Waals surface area contributed by atoms with Crippen LogP contribution >= 0.6 is 0 Å². The molecule has 0 N–H and O–H groups in total. The van der Waals surface area contributed by atoms with Crippen LogP contribution in [0.15, 0.2) is 55.0 Å². The van der Waals surface area contributed by atoms with Gasteiger partial charge in [0.1, 0.15) is 11.6 Å². The standard InChI is InChI=1S/C24H27N7O3/c1-18-4-3-5-20(14-18)34-23-6-8-31(28-23)22-15-21(30-9-12-32-13-10-30)26-24(27-22)33-11-7-19-16-25-29(2)17-19/h3-6,8,14-17H,7,9-13H2,1-2H3. The highest BCUT2D eigenvalue weighted by molar-refractivity contribution is 5.46. The molecule has 0 spiro atoms. The maximum atomic E-state index is 5.94. The topological polar surface area (TPSA) is 92.3 Å². The van der Waals surface area contributed by atoms with Gasteiger partial charge in [-0.15, -0.1) is 5.10 Å². The third kappa shape index (κ3) is 5.34. The van der Waals surface area contributed by atoms with Crippen molar-refractivity contribution in [3.63, 3.8) is 0 Å². The molecule has 10 nitrogen and oxygen atoms in total. The van der Waals surface area contributed by atoms with Gasteiger partial charge in [0.2, 0.25) is 5.88 Å². The third-order valence-electron chi connectivity index (χ3n) is 5.41. The molecule has 0 aliphatic carbocycles. The smallest absolute Gasteiger partial charge is 0.320 e. The van der Waals surface area contributed by atoms with Crippen molar-refractivity contribution in [2.75, 3.05) is 37.8 Å². The highest BCUT2D eigenvalue weighted by Crippen LogP contribution is 2.23. The van der Waals surface area contributed by atoms with Gasteiger partial charge in [-0.1, -0.05) is 12.1 Å². The van der Waals surface area contributed by atoms with Crippen LogP contribution < -0.4 is 14.4 Å². The number of nitrogens with zero attached hydrogens (tertiary/aromatic N) is 7. The van der Waals surface area contributed by atoms with Crippen LogP contribution in [-0.2, 0) is 18.2 Å². The summed E-state index contributed by atoms with van der Waals surface area (Å²) in [6, 6.07) is 11.9. The van der Waals surface area contributed by atoms with Gasteiger partial charge in [0, 0.05) is 51.1 Å². The Labute approximate surface area is 197 Å². The summed E-state index contributed by atoms with van der Waals surface area (Å²) in [7, 11) is 1.90. The minimum absolute atomic E-state index is 0.305. The summed E-state index contributed by atoms with van der Waals surface area (Å²) in [6.45, 7) is 5.30. The average Bonchev–Trinajstić information content (AvgIpc) is 3.48. The summed E-state index contributed by atoms with van der Waals surface area (Å²) in [5.74, 6) is 2.60. The van der Waals surface area contributed by atoms with E-state index in [4.69, 9.17) is 14.2 Å². The van der Waals surface area contributed by atoms with E-state index >= 15 is 0 Å². The van der Waals surface area contributed by atoms with Crippen LogP contribution in [-0.4, -0.2) is 62.4 Å². The highest BCUT2D eigenvalue weighted by Gasteiger charge is 2.17. The number of ether oxygens (including phenoxy) is 3. The zero-order valence-corrected chi connectivity index (χ0v) is 19.3. The zero-order valence-electron chi connectivity index (χ0n) is 19.3. The lowest BCUT2D eigenvalue weighted by atomic mass is 10.2. The van der Waals surface area contributed by atoms with Crippen molar-refractivity contribution < 1.29 is 14.2 Å². The van der Waals surface area contributed by atoms with Crippen molar-refractivity contribution in [1.29, 1.82) is 0 Å². The lowest BCUT2D eigenvalue weighted by molar-refractivity contribution is 0.122. The van der Waals surface area contributed by atoms with Gasteiger partial charge < -0.3 is 19.1 Å². The van der Waals surface area contributed by atoms with Gasteiger partial charge in [0.05, 0.1) is 26.0 Å². The van der Waals surface area contributed by atoms with Gasteiger partial charge in [-0.05, 0) is 30.2 Å². The first-order valence-electron chi connectivity index (χ1n) is 11.2. The molecular formula is C24H27N7O3. The Morgan fingerprint density at radius 1 is 1.06 bits per heavy atom. The van der Waals surface area contributed by atoms with Crippen LogP contribution in [0.25, 0.3) is 5.82 Å². The minimum atomic E-state index is 0.305. The molecule has 10 heteroatoms. The Bertz CT molecular complexity index is 1250. The summed E-state index contributed by atoms with van der Waals surface area (Å²) < 4.78 is 20.8. The van der Waals surface area contributed by atoms with Gasteiger partial charge in [-0.2, -0.15) is 15.1 Å². The molecule has 1 aliphatic heterocycles. The molecule has 5 rings (SSSR count). The third-order valence-corrected chi connectivity index (χ3v) is 5.41. The largest absolute Gasteiger partial charge is 0.463 e. The van der Waals surface area contributed by atoms with E-state index in [1.807, 2.05) is 69.0 Å². The Balaban J connectivity index is 1.36. The van der Waals surface area contributed by atoms with Gasteiger partial charge in [0.15, 0.2) is 5.82 Å². The fourth-order valence-corrected chi connectivity index (χ4v) is 3.69. The molecule has 1 fully saturated rings. The fourth-order valence-electron chi connectivity index (χ4n) is 3.69. The molecule has 1 saturated heterocycles. The number of anilines is 1. The van der Waals surface area contributed by atoms with E-state index in [1.165, 1.54) is 0 Å². The molecule has 0 unspecified atom stereocenters. The lowest BCUT2D eigenvalue weighted by Gasteiger charge is -2.28. The van der Waals surface area contributed by atoms with Crippen LogP contribution in [0.4, 0.5) is 5.82 Å². The molecule has 1 aliphatic rings. The molecule has 1 aromatic carbocycles. The zero-order chi connectivity index (χ0) is 23.3. The summed E-state index contributed by atoms with van der Waals surface area (Å²) >= 11 is 0. The van der Waals surface area contributed by atoms with E-state index < -0.39 is 0 Å². The highest BCUT2D eigenvalue weighted by atomic mass is 16.5. The summed E-state index contributed by atoms with van der Waals surface area (Å²) in [5.41, 5.74) is 2.22. The molecule has 34 heavy (non-hydrogen) atoms. The number of benzene rings is 1. The maximum Gasteiger partial charge on any atom is 0.320 e. The summed E-state index contributed by atoms with van der Waals surface area (Å²) in [5, 5.41) is 8.75. The Hall–Kier alpha value is -3.92. The molecule has 0 amide bonds. The lowest BCUT2D eigenvalue weighted by Crippen LogP contribution is -2.37. The van der Waals surface area contributed by atoms with E-state index in [2.05, 4.69) is 25.1 Å². The van der Waals surface area contributed by atoms with Crippen molar-refractivity contribution in [3.05, 3.63) is 66.1 Å². The number of morpholine rings is 1. The van der Waals surface area contributed by atoms with Crippen molar-refractivity contribution >= 4 is 5.82 Å². The summed E-state index contributed by atoms with van der Waals surface area (Å²) in [4.78, 5) is 11.4. The van der Waals surface area contributed by atoms with Crippen LogP contribution in [0.5, 0.6) is 17.6 Å². The Morgan fingerprint density at radius 3 is 2.71 bits per heavy atom. The van der Waals surface area contributed by atoms with Crippen molar-refractivity contribution in [1.82, 2.24) is 29.5 Å². The predicted octanol–water partition coefficient (Wildman–Crippen LogP) is 2.95. The first kappa shape index (κ1) is 21.9. The molecule has 4 aromatic rings. The second-order valence-corrected chi connectivity index (χ2v) is 8.10. The minimum Gasteiger partial charge on any atom is -0.463 e. The van der Waals surface area contributed by atoms with Crippen molar-refractivity contribution in [2.24, 2.45) is 7.05 Å². The number of aryl methyl sites for hydroxylation is 2. The number of aromatic nitrogens is 6. The molecule has 3 aromatic heterocycles. The first-order chi connectivity index (χ1) is 16.6. The number of hydrogen-bond donors (Lipinski definition) is 0. The predicted molar refractivity (Wildman–Crippen MR) is 126 cm³/mol. The monoisotopic (exact) mass is 461 g/mol. The Morgan fingerprint density at radius 2 is 1.91 bits per heavy atom. The van der Waals surface area contributed by atoms with E-state index in [-0.39, 0.29) is 0 Å². The van der Waals surface area contributed by atoms with Gasteiger partial charge >= 0.3 is 6.01 Å². The van der Waals surface area contributed by atoms with Crippen molar-refractivity contribution in [3.8, 4) is 23.5 Å². The molecule has 176 valence electrons. The molecule has 0 atom stereocenters. The normalized spacial score (nSPS) is 13.8. The second-order valence-electron chi connectivity index (χ2n) is 8.10. The fraction of sp³-hybridized carbons (Fsp3) is 0.333. The van der Waals surface area contributed by atoms with Crippen LogP contribution in [0, 0.1) is 6.92 Å². The quantitative estimate of drug-likeness (QED) is 0.396. The van der Waals surface area contributed by atoms with Crippen LogP contribution in [0.2, 0.25) is 0 Å². The van der Waals surface area contributed by atoms with Crippen LogP contribution in [0.1, 0.15) is 11.1 Å². The summed E-state index contributed by atoms with van der Waals surface area (Å²) in [6.07, 6.45) is 6.33. The van der Waals surface area contributed by atoms with Gasteiger partial charge in [0.25, 0.3) is 0 Å².